The van der Waals surface area contributed by atoms with Gasteiger partial charge in [-0.1, -0.05) is 35.9 Å². The van der Waals surface area contributed by atoms with E-state index in [1.807, 2.05) is 25.1 Å². The molecule has 0 aliphatic heterocycles. The lowest BCUT2D eigenvalue weighted by atomic mass is 10.0. The summed E-state index contributed by atoms with van der Waals surface area (Å²) >= 11 is 9.32. The number of hydrogen-bond acceptors (Lipinski definition) is 3. The first-order valence-electron chi connectivity index (χ1n) is 7.02. The average molecular weight is 395 g/mol. The molecule has 120 valence electrons. The second-order valence-electron chi connectivity index (χ2n) is 5.05. The van der Waals surface area contributed by atoms with Gasteiger partial charge in [-0.15, -0.1) is 0 Å². The summed E-state index contributed by atoms with van der Waals surface area (Å²) in [5, 5.41) is 14.6. The van der Waals surface area contributed by atoms with Crippen molar-refractivity contribution in [3.63, 3.8) is 0 Å². The van der Waals surface area contributed by atoms with Gasteiger partial charge in [0.1, 0.15) is 5.71 Å². The third-order valence-corrected chi connectivity index (χ3v) is 4.72. The Balaban J connectivity index is 2.12. The first-order chi connectivity index (χ1) is 10.9. The van der Waals surface area contributed by atoms with Crippen LogP contribution >= 0.6 is 27.5 Å². The third-order valence-electron chi connectivity index (χ3n) is 3.45. The molecule has 0 bridgehead atoms. The summed E-state index contributed by atoms with van der Waals surface area (Å²) in [4.78, 5) is 12.2. The molecule has 0 spiro atoms. The Kier molecular flexibility index (Phi) is 5.80. The number of amides is 1. The molecule has 2 aromatic rings. The number of halogens is 2. The monoisotopic (exact) mass is 393 g/mol. The van der Waals surface area contributed by atoms with Crippen molar-refractivity contribution in [1.29, 1.82) is 5.41 Å². The van der Waals surface area contributed by atoms with Crippen LogP contribution < -0.4 is 10.6 Å². The Bertz CT molecular complexity index is 744. The first kappa shape index (κ1) is 17.5. The van der Waals surface area contributed by atoms with E-state index in [2.05, 4.69) is 26.6 Å². The zero-order chi connectivity index (χ0) is 17.0. The van der Waals surface area contributed by atoms with Crippen LogP contribution in [-0.2, 0) is 11.3 Å². The van der Waals surface area contributed by atoms with Crippen LogP contribution in [0.2, 0.25) is 5.02 Å². The Morgan fingerprint density at radius 2 is 1.87 bits per heavy atom. The molecule has 0 aromatic heterocycles. The normalized spacial score (nSPS) is 10.3. The summed E-state index contributed by atoms with van der Waals surface area (Å²) in [5.41, 5.74) is 3.17. The van der Waals surface area contributed by atoms with E-state index >= 15 is 0 Å². The quantitative estimate of drug-likeness (QED) is 0.667. The van der Waals surface area contributed by atoms with Gasteiger partial charge < -0.3 is 10.6 Å². The van der Waals surface area contributed by atoms with Crippen LogP contribution in [0.5, 0.6) is 0 Å². The van der Waals surface area contributed by atoms with Crippen LogP contribution in [0.15, 0.2) is 40.9 Å². The van der Waals surface area contributed by atoms with E-state index in [9.17, 15) is 4.79 Å². The van der Waals surface area contributed by atoms with Gasteiger partial charge in [-0.05, 0) is 46.1 Å². The Labute approximate surface area is 148 Å². The lowest BCUT2D eigenvalue weighted by Crippen LogP contribution is -2.31. The van der Waals surface area contributed by atoms with Crippen molar-refractivity contribution in [3.8, 4) is 0 Å². The highest BCUT2D eigenvalue weighted by Gasteiger charge is 2.17. The fourth-order valence-corrected chi connectivity index (χ4v) is 2.80. The lowest BCUT2D eigenvalue weighted by Gasteiger charge is -2.14. The maximum absolute atomic E-state index is 12.2. The zero-order valence-electron chi connectivity index (χ0n) is 12.8. The van der Waals surface area contributed by atoms with Crippen LogP contribution in [0.4, 0.5) is 5.69 Å². The number of aryl methyl sites for hydroxylation is 1. The van der Waals surface area contributed by atoms with Crippen LogP contribution in [-0.4, -0.2) is 18.7 Å². The van der Waals surface area contributed by atoms with Gasteiger partial charge >= 0.3 is 0 Å². The number of rotatable bonds is 5. The molecule has 3 N–H and O–H groups in total. The van der Waals surface area contributed by atoms with E-state index in [-0.39, 0.29) is 5.71 Å². The maximum Gasteiger partial charge on any atom is 0.270 e. The molecule has 0 saturated carbocycles. The molecular formula is C17H17BrClN3O. The SMILES string of the molecule is CNc1c(C(=N)C(=O)NCc2ccc(Cl)cc2)ccc(C)c1Br. The summed E-state index contributed by atoms with van der Waals surface area (Å²) < 4.78 is 0.854. The van der Waals surface area contributed by atoms with E-state index in [0.29, 0.717) is 17.1 Å². The molecule has 0 aliphatic carbocycles. The van der Waals surface area contributed by atoms with Gasteiger partial charge in [0, 0.05) is 28.7 Å². The molecule has 4 nitrogen and oxygen atoms in total. The van der Waals surface area contributed by atoms with Crippen molar-refractivity contribution >= 4 is 44.8 Å². The van der Waals surface area contributed by atoms with Crippen LogP contribution in [0.3, 0.4) is 0 Å². The van der Waals surface area contributed by atoms with Crippen LogP contribution in [0, 0.1) is 12.3 Å². The van der Waals surface area contributed by atoms with E-state index in [1.165, 1.54) is 0 Å². The standard InChI is InChI=1S/C17H17BrClN3O/c1-10-3-8-13(16(21-2)14(10)18)15(20)17(23)22-9-11-4-6-12(19)7-5-11/h3-8,20-21H,9H2,1-2H3,(H,22,23). The number of carbonyl (C=O) groups is 1. The van der Waals surface area contributed by atoms with Gasteiger partial charge in [-0.2, -0.15) is 0 Å². The molecule has 23 heavy (non-hydrogen) atoms. The van der Waals surface area contributed by atoms with Crippen LogP contribution in [0.1, 0.15) is 16.7 Å². The van der Waals surface area contributed by atoms with Gasteiger partial charge in [0.05, 0.1) is 5.69 Å². The largest absolute Gasteiger partial charge is 0.387 e. The second-order valence-corrected chi connectivity index (χ2v) is 6.28. The third kappa shape index (κ3) is 4.12. The highest BCUT2D eigenvalue weighted by molar-refractivity contribution is 9.10. The second kappa shape index (κ2) is 7.62. The van der Waals surface area contributed by atoms with E-state index in [0.717, 1.165) is 21.3 Å². The topological polar surface area (TPSA) is 65.0 Å². The highest BCUT2D eigenvalue weighted by Crippen LogP contribution is 2.29. The molecule has 0 fully saturated rings. The summed E-state index contributed by atoms with van der Waals surface area (Å²) in [6.45, 7) is 2.30. The first-order valence-corrected chi connectivity index (χ1v) is 8.19. The van der Waals surface area contributed by atoms with Crippen molar-refractivity contribution in [1.82, 2.24) is 5.32 Å². The minimum absolute atomic E-state index is 0.0796. The number of anilines is 1. The summed E-state index contributed by atoms with van der Waals surface area (Å²) in [6, 6.07) is 10.9. The molecule has 0 saturated heterocycles. The summed E-state index contributed by atoms with van der Waals surface area (Å²) in [7, 11) is 1.77. The molecule has 2 rings (SSSR count). The van der Waals surface area contributed by atoms with Crippen molar-refractivity contribution < 1.29 is 4.79 Å². The zero-order valence-corrected chi connectivity index (χ0v) is 15.2. The van der Waals surface area contributed by atoms with Gasteiger partial charge in [0.2, 0.25) is 0 Å². The van der Waals surface area contributed by atoms with Crippen molar-refractivity contribution in [3.05, 3.63) is 62.6 Å². The summed E-state index contributed by atoms with van der Waals surface area (Å²) in [6.07, 6.45) is 0. The number of carbonyl (C=O) groups excluding carboxylic acids is 1. The minimum atomic E-state index is -0.424. The molecule has 1 amide bonds. The van der Waals surface area contributed by atoms with E-state index in [4.69, 9.17) is 17.0 Å². The minimum Gasteiger partial charge on any atom is -0.387 e. The number of benzene rings is 2. The molecular weight excluding hydrogens is 378 g/mol. The lowest BCUT2D eigenvalue weighted by molar-refractivity contribution is -0.114. The molecule has 0 heterocycles. The van der Waals surface area contributed by atoms with E-state index in [1.54, 1.807) is 25.2 Å². The van der Waals surface area contributed by atoms with Gasteiger partial charge in [0.25, 0.3) is 5.91 Å². The van der Waals surface area contributed by atoms with Crippen molar-refractivity contribution in [2.75, 3.05) is 12.4 Å². The van der Waals surface area contributed by atoms with Gasteiger partial charge in [0.15, 0.2) is 0 Å². The van der Waals surface area contributed by atoms with Crippen LogP contribution in [0.25, 0.3) is 0 Å². The fraction of sp³-hybridized carbons (Fsp3) is 0.176. The average Bonchev–Trinajstić information content (AvgIpc) is 2.55. The molecule has 6 heteroatoms. The number of hydrogen-bond donors (Lipinski definition) is 3. The Morgan fingerprint density at radius 3 is 2.48 bits per heavy atom. The molecule has 0 unspecified atom stereocenters. The fourth-order valence-electron chi connectivity index (χ4n) is 2.13. The maximum atomic E-state index is 12.2. The highest BCUT2D eigenvalue weighted by atomic mass is 79.9. The van der Waals surface area contributed by atoms with Crippen molar-refractivity contribution in [2.24, 2.45) is 0 Å². The van der Waals surface area contributed by atoms with Gasteiger partial charge in [-0.3, -0.25) is 10.2 Å². The Morgan fingerprint density at radius 1 is 1.22 bits per heavy atom. The van der Waals surface area contributed by atoms with E-state index < -0.39 is 5.91 Å². The predicted octanol–water partition coefficient (Wildman–Crippen LogP) is 4.14. The molecule has 0 atom stereocenters. The van der Waals surface area contributed by atoms with Crippen molar-refractivity contribution in [2.45, 2.75) is 13.5 Å². The smallest absolute Gasteiger partial charge is 0.270 e. The number of nitrogens with one attached hydrogen (secondary N) is 3. The predicted molar refractivity (Wildman–Crippen MR) is 98.6 cm³/mol. The summed E-state index contributed by atoms with van der Waals surface area (Å²) in [5.74, 6) is -0.424. The molecule has 0 aliphatic rings. The molecule has 2 aromatic carbocycles. The van der Waals surface area contributed by atoms with Gasteiger partial charge in [-0.25, -0.2) is 0 Å². The Hall–Kier alpha value is -1.85. The molecule has 0 radical (unpaired) electrons.